The topological polar surface area (TPSA) is 61.2 Å². The van der Waals surface area contributed by atoms with Gasteiger partial charge in [-0.2, -0.15) is 0 Å². The molecule has 2 N–H and O–H groups in total. The molecule has 152 valence electrons. The highest BCUT2D eigenvalue weighted by molar-refractivity contribution is 5.91. The van der Waals surface area contributed by atoms with Gasteiger partial charge in [0.05, 0.1) is 21.3 Å². The van der Waals surface area contributed by atoms with Crippen molar-refractivity contribution in [2.24, 2.45) is 0 Å². The highest BCUT2D eigenvalue weighted by Crippen LogP contribution is 2.24. The Morgan fingerprint density at radius 2 is 1.68 bits per heavy atom. The quantitative estimate of drug-likeness (QED) is 0.715. The monoisotopic (exact) mass is 399 g/mol. The highest BCUT2D eigenvalue weighted by atomic mass is 19.4. The van der Waals surface area contributed by atoms with E-state index in [2.05, 4.69) is 10.1 Å². The Bertz CT molecular complexity index is 795. The molecular weight excluding hydrogens is 377 g/mol. The van der Waals surface area contributed by atoms with Gasteiger partial charge in [0.25, 0.3) is 5.91 Å². The molecule has 0 spiro atoms. The lowest BCUT2D eigenvalue weighted by Crippen LogP contribution is -3.08. The summed E-state index contributed by atoms with van der Waals surface area (Å²) in [6.07, 6.45) is -4.75. The fraction of sp³-hybridized carbons (Fsp3) is 0.316. The van der Waals surface area contributed by atoms with Crippen LogP contribution in [-0.4, -0.2) is 40.1 Å². The SMILES string of the molecule is COc1ccc(C[NH+](C)CC(=O)Nc2ccc(OC(F)(F)F)cc2)c(OC)c1. The van der Waals surface area contributed by atoms with Gasteiger partial charge in [0.1, 0.15) is 23.8 Å². The van der Waals surface area contributed by atoms with Gasteiger partial charge in [-0.05, 0) is 36.4 Å². The Labute approximate surface area is 160 Å². The molecule has 1 amide bonds. The van der Waals surface area contributed by atoms with E-state index in [4.69, 9.17) is 9.47 Å². The number of anilines is 1. The molecule has 0 saturated heterocycles. The Morgan fingerprint density at radius 3 is 2.25 bits per heavy atom. The van der Waals surface area contributed by atoms with Crippen LogP contribution >= 0.6 is 0 Å². The van der Waals surface area contributed by atoms with Crippen LogP contribution in [0.3, 0.4) is 0 Å². The number of carbonyl (C=O) groups is 1. The molecule has 9 heteroatoms. The molecule has 0 aromatic heterocycles. The smallest absolute Gasteiger partial charge is 0.497 e. The van der Waals surface area contributed by atoms with E-state index < -0.39 is 6.36 Å². The summed E-state index contributed by atoms with van der Waals surface area (Å²) in [6, 6.07) is 10.4. The van der Waals surface area contributed by atoms with Crippen molar-refractivity contribution in [3.8, 4) is 17.2 Å². The van der Waals surface area contributed by atoms with Crippen molar-refractivity contribution in [2.75, 3.05) is 33.1 Å². The number of nitrogens with one attached hydrogen (secondary N) is 2. The van der Waals surface area contributed by atoms with Crippen LogP contribution in [0.5, 0.6) is 17.2 Å². The minimum Gasteiger partial charge on any atom is -0.497 e. The molecule has 2 aromatic rings. The third kappa shape index (κ3) is 6.66. The lowest BCUT2D eigenvalue weighted by molar-refractivity contribution is -0.885. The Balaban J connectivity index is 1.90. The predicted molar refractivity (Wildman–Crippen MR) is 96.8 cm³/mol. The van der Waals surface area contributed by atoms with Gasteiger partial charge in [0.2, 0.25) is 0 Å². The first-order valence-electron chi connectivity index (χ1n) is 8.38. The van der Waals surface area contributed by atoms with Crippen LogP contribution in [0.4, 0.5) is 18.9 Å². The van der Waals surface area contributed by atoms with Crippen molar-refractivity contribution in [2.45, 2.75) is 12.9 Å². The molecule has 0 aliphatic heterocycles. The molecule has 0 fully saturated rings. The van der Waals surface area contributed by atoms with Crippen LogP contribution in [0.25, 0.3) is 0 Å². The first-order valence-corrected chi connectivity index (χ1v) is 8.38. The van der Waals surface area contributed by atoms with Crippen LogP contribution < -0.4 is 24.4 Å². The summed E-state index contributed by atoms with van der Waals surface area (Å²) in [7, 11) is 4.98. The van der Waals surface area contributed by atoms with Crippen molar-refractivity contribution in [1.29, 1.82) is 0 Å². The number of hydrogen-bond donors (Lipinski definition) is 2. The second-order valence-electron chi connectivity index (χ2n) is 6.11. The van der Waals surface area contributed by atoms with Gasteiger partial charge in [0, 0.05) is 17.3 Å². The average Bonchev–Trinajstić information content (AvgIpc) is 2.62. The first kappa shape index (κ1) is 21.4. The zero-order chi connectivity index (χ0) is 20.7. The summed E-state index contributed by atoms with van der Waals surface area (Å²) < 4.78 is 50.8. The van der Waals surface area contributed by atoms with Gasteiger partial charge in [-0.25, -0.2) is 0 Å². The number of halogens is 3. The molecule has 0 heterocycles. The molecule has 2 rings (SSSR count). The van der Waals surface area contributed by atoms with E-state index in [1.54, 1.807) is 20.3 Å². The third-order valence-corrected chi connectivity index (χ3v) is 3.82. The van der Waals surface area contributed by atoms with E-state index in [9.17, 15) is 18.0 Å². The van der Waals surface area contributed by atoms with E-state index in [0.29, 0.717) is 23.7 Å². The molecule has 1 atom stereocenters. The van der Waals surface area contributed by atoms with Crippen LogP contribution in [0.1, 0.15) is 5.56 Å². The van der Waals surface area contributed by atoms with E-state index in [1.807, 2.05) is 19.2 Å². The van der Waals surface area contributed by atoms with E-state index in [1.165, 1.54) is 12.1 Å². The summed E-state index contributed by atoms with van der Waals surface area (Å²) >= 11 is 0. The number of benzene rings is 2. The zero-order valence-electron chi connectivity index (χ0n) is 15.7. The van der Waals surface area contributed by atoms with E-state index in [0.717, 1.165) is 22.6 Å². The molecule has 0 saturated carbocycles. The third-order valence-electron chi connectivity index (χ3n) is 3.82. The molecule has 0 aliphatic rings. The van der Waals surface area contributed by atoms with E-state index in [-0.39, 0.29) is 18.2 Å². The van der Waals surface area contributed by atoms with Crippen LogP contribution in [-0.2, 0) is 11.3 Å². The van der Waals surface area contributed by atoms with Crippen molar-refractivity contribution in [3.63, 3.8) is 0 Å². The van der Waals surface area contributed by atoms with E-state index >= 15 is 0 Å². The van der Waals surface area contributed by atoms with Crippen LogP contribution in [0, 0.1) is 0 Å². The standard InChI is InChI=1S/C19H21F3N2O4/c1-24(11-13-4-7-16(26-2)10-17(13)27-3)12-18(25)23-14-5-8-15(9-6-14)28-19(20,21)22/h4-10H,11-12H2,1-3H3,(H,23,25)/p+1. The number of quaternary nitrogens is 1. The summed E-state index contributed by atoms with van der Waals surface area (Å²) in [5.74, 6) is 0.725. The summed E-state index contributed by atoms with van der Waals surface area (Å²) in [5, 5.41) is 2.65. The molecule has 6 nitrogen and oxygen atoms in total. The minimum absolute atomic E-state index is 0.163. The number of ether oxygens (including phenoxy) is 3. The minimum atomic E-state index is -4.75. The number of alkyl halides is 3. The number of carbonyl (C=O) groups excluding carboxylic acids is 1. The van der Waals surface area contributed by atoms with Gasteiger partial charge in [-0.3, -0.25) is 4.79 Å². The molecule has 2 aromatic carbocycles. The number of hydrogen-bond acceptors (Lipinski definition) is 4. The molecule has 28 heavy (non-hydrogen) atoms. The Hall–Kier alpha value is -2.94. The van der Waals surface area contributed by atoms with Gasteiger partial charge in [-0.15, -0.1) is 13.2 Å². The number of rotatable bonds is 8. The number of likely N-dealkylation sites (N-methyl/N-ethyl adjacent to an activating group) is 1. The van der Waals surface area contributed by atoms with Crippen molar-refractivity contribution in [1.82, 2.24) is 0 Å². The Kier molecular flexibility index (Phi) is 7.11. The second kappa shape index (κ2) is 9.32. The van der Waals surface area contributed by atoms with Crippen molar-refractivity contribution < 1.29 is 37.1 Å². The second-order valence-corrected chi connectivity index (χ2v) is 6.11. The maximum absolute atomic E-state index is 12.2. The largest absolute Gasteiger partial charge is 0.573 e. The summed E-state index contributed by atoms with van der Waals surface area (Å²) in [4.78, 5) is 13.1. The van der Waals surface area contributed by atoms with Gasteiger partial charge < -0.3 is 24.4 Å². The maximum Gasteiger partial charge on any atom is 0.573 e. The Morgan fingerprint density at radius 1 is 1.04 bits per heavy atom. The van der Waals surface area contributed by atoms with Crippen LogP contribution in [0.15, 0.2) is 42.5 Å². The zero-order valence-corrected chi connectivity index (χ0v) is 15.7. The lowest BCUT2D eigenvalue weighted by atomic mass is 10.2. The molecular formula is C19H22F3N2O4+. The fourth-order valence-electron chi connectivity index (χ4n) is 2.60. The van der Waals surface area contributed by atoms with Crippen molar-refractivity contribution >= 4 is 11.6 Å². The first-order chi connectivity index (χ1) is 13.2. The molecule has 0 radical (unpaired) electrons. The summed E-state index contributed by atoms with van der Waals surface area (Å²) in [5.41, 5.74) is 1.30. The molecule has 0 aliphatic carbocycles. The normalized spacial score (nSPS) is 12.2. The average molecular weight is 399 g/mol. The van der Waals surface area contributed by atoms with Gasteiger partial charge in [0.15, 0.2) is 6.54 Å². The highest BCUT2D eigenvalue weighted by Gasteiger charge is 2.31. The van der Waals surface area contributed by atoms with Gasteiger partial charge >= 0.3 is 6.36 Å². The molecule has 1 unspecified atom stereocenters. The maximum atomic E-state index is 12.2. The van der Waals surface area contributed by atoms with Crippen LogP contribution in [0.2, 0.25) is 0 Å². The number of methoxy groups -OCH3 is 2. The van der Waals surface area contributed by atoms with Gasteiger partial charge in [-0.1, -0.05) is 0 Å². The molecule has 0 bridgehead atoms. The predicted octanol–water partition coefficient (Wildman–Crippen LogP) is 2.26. The number of amides is 1. The lowest BCUT2D eigenvalue weighted by Gasteiger charge is -2.16. The van der Waals surface area contributed by atoms with Crippen molar-refractivity contribution in [3.05, 3.63) is 48.0 Å². The summed E-state index contributed by atoms with van der Waals surface area (Å²) in [6.45, 7) is 0.703. The fourth-order valence-corrected chi connectivity index (χ4v) is 2.60.